The molecule has 0 unspecified atom stereocenters. The van der Waals surface area contributed by atoms with Crippen LogP contribution in [0.25, 0.3) is 0 Å². The van der Waals surface area contributed by atoms with Crippen LogP contribution in [-0.2, 0) is 30.4 Å². The highest BCUT2D eigenvalue weighted by Gasteiger charge is 2.34. The third-order valence-electron chi connectivity index (χ3n) is 4.38. The van der Waals surface area contributed by atoms with Crippen LogP contribution in [0.5, 0.6) is 5.75 Å². The summed E-state index contributed by atoms with van der Waals surface area (Å²) in [5, 5.41) is 2.79. The Labute approximate surface area is 157 Å². The number of amides is 1. The van der Waals surface area contributed by atoms with E-state index in [0.29, 0.717) is 36.1 Å². The molecule has 0 fully saturated rings. The Balaban J connectivity index is 2.35. The van der Waals surface area contributed by atoms with Gasteiger partial charge in [-0.3, -0.25) is 4.79 Å². The monoisotopic (exact) mass is 379 g/mol. The van der Waals surface area contributed by atoms with Crippen molar-refractivity contribution in [3.8, 4) is 5.75 Å². The molecule has 0 radical (unpaired) electrons. The summed E-state index contributed by atoms with van der Waals surface area (Å²) in [7, 11) is 0. The molecule has 0 bridgehead atoms. The Bertz CT molecular complexity index is 800. The van der Waals surface area contributed by atoms with Crippen LogP contribution in [0.1, 0.15) is 49.4 Å². The average Bonchev–Trinajstić information content (AvgIpc) is 2.65. The molecule has 0 aromatic heterocycles. The maximum absolute atomic E-state index is 13.4. The number of carbonyl (C=O) groups excluding carboxylic acids is 1. The van der Waals surface area contributed by atoms with Gasteiger partial charge in [-0.25, -0.2) is 0 Å². The smallest absolute Gasteiger partial charge is 0.419 e. The van der Waals surface area contributed by atoms with Crippen molar-refractivity contribution in [1.29, 1.82) is 0 Å². The van der Waals surface area contributed by atoms with Gasteiger partial charge in [0, 0.05) is 17.7 Å². The molecule has 2 aromatic carbocycles. The number of hydrogen-bond donors (Lipinski definition) is 1. The Morgan fingerprint density at radius 1 is 1.07 bits per heavy atom. The van der Waals surface area contributed by atoms with Gasteiger partial charge in [-0.05, 0) is 42.2 Å². The van der Waals surface area contributed by atoms with Crippen molar-refractivity contribution in [2.24, 2.45) is 0 Å². The van der Waals surface area contributed by atoms with Crippen LogP contribution in [0.3, 0.4) is 0 Å². The Morgan fingerprint density at radius 2 is 1.81 bits per heavy atom. The number of carbonyl (C=O) groups is 1. The summed E-state index contributed by atoms with van der Waals surface area (Å²) < 4.78 is 45.8. The van der Waals surface area contributed by atoms with Gasteiger partial charge in [0.2, 0.25) is 5.91 Å². The second-order valence-corrected chi connectivity index (χ2v) is 6.17. The van der Waals surface area contributed by atoms with Gasteiger partial charge < -0.3 is 10.1 Å². The molecule has 2 aromatic rings. The minimum absolute atomic E-state index is 0.0576. The zero-order valence-corrected chi connectivity index (χ0v) is 15.7. The topological polar surface area (TPSA) is 38.3 Å². The highest BCUT2D eigenvalue weighted by molar-refractivity contribution is 5.91. The Morgan fingerprint density at radius 3 is 2.41 bits per heavy atom. The molecule has 0 saturated carbocycles. The Kier molecular flexibility index (Phi) is 6.88. The third kappa shape index (κ3) is 5.25. The molecule has 146 valence electrons. The lowest BCUT2D eigenvalue weighted by molar-refractivity contribution is -0.139. The summed E-state index contributed by atoms with van der Waals surface area (Å²) in [6.07, 6.45) is -3.00. The number of anilines is 1. The molecule has 0 saturated heterocycles. The van der Waals surface area contributed by atoms with Crippen molar-refractivity contribution in [1.82, 2.24) is 0 Å². The quantitative estimate of drug-likeness (QED) is 0.664. The summed E-state index contributed by atoms with van der Waals surface area (Å²) >= 11 is 0. The first kappa shape index (κ1) is 20.8. The van der Waals surface area contributed by atoms with E-state index in [1.165, 1.54) is 6.07 Å². The minimum atomic E-state index is -4.50. The maximum Gasteiger partial charge on any atom is 0.419 e. The van der Waals surface area contributed by atoms with Crippen molar-refractivity contribution < 1.29 is 22.7 Å². The van der Waals surface area contributed by atoms with Crippen LogP contribution < -0.4 is 10.1 Å². The fraction of sp³-hybridized carbons (Fsp3) is 0.381. The molecule has 27 heavy (non-hydrogen) atoms. The van der Waals surface area contributed by atoms with E-state index >= 15 is 0 Å². The molecule has 6 heteroatoms. The van der Waals surface area contributed by atoms with Crippen molar-refractivity contribution in [2.45, 2.75) is 52.8 Å². The summed E-state index contributed by atoms with van der Waals surface area (Å²) in [5.74, 6) is -0.369. The van der Waals surface area contributed by atoms with Gasteiger partial charge in [0.05, 0.1) is 5.56 Å². The van der Waals surface area contributed by atoms with Crippen LogP contribution >= 0.6 is 0 Å². The van der Waals surface area contributed by atoms with Crippen LogP contribution in [0, 0.1) is 0 Å². The number of benzene rings is 2. The van der Waals surface area contributed by atoms with Crippen LogP contribution in [-0.4, -0.2) is 5.91 Å². The number of halogens is 3. The molecular weight excluding hydrogens is 355 g/mol. The standard InChI is InChI=1S/C21H24F3NO2/c1-4-14-10-11-19(17(12-14)21(22,23)24)27-13-16-15(5-2)8-7-9-18(16)25-20(26)6-3/h7-12H,4-6,13H2,1-3H3,(H,25,26). The molecule has 0 aliphatic rings. The molecule has 0 aliphatic carbocycles. The fourth-order valence-electron chi connectivity index (χ4n) is 2.79. The van der Waals surface area contributed by atoms with Gasteiger partial charge >= 0.3 is 6.18 Å². The first-order valence-corrected chi connectivity index (χ1v) is 9.03. The first-order valence-electron chi connectivity index (χ1n) is 9.03. The number of alkyl halides is 3. The zero-order chi connectivity index (χ0) is 20.0. The lowest BCUT2D eigenvalue weighted by Gasteiger charge is -2.18. The van der Waals surface area contributed by atoms with E-state index < -0.39 is 11.7 Å². The predicted octanol–water partition coefficient (Wildman–Crippen LogP) is 5.76. The average molecular weight is 379 g/mol. The van der Waals surface area contributed by atoms with Gasteiger partial charge in [0.1, 0.15) is 12.4 Å². The van der Waals surface area contributed by atoms with E-state index in [1.807, 2.05) is 19.1 Å². The van der Waals surface area contributed by atoms with Gasteiger partial charge in [-0.2, -0.15) is 13.2 Å². The van der Waals surface area contributed by atoms with E-state index in [0.717, 1.165) is 11.6 Å². The minimum Gasteiger partial charge on any atom is -0.488 e. The first-order chi connectivity index (χ1) is 12.8. The van der Waals surface area contributed by atoms with Gasteiger partial charge in [-0.15, -0.1) is 0 Å². The van der Waals surface area contributed by atoms with E-state index in [-0.39, 0.29) is 18.3 Å². The zero-order valence-electron chi connectivity index (χ0n) is 15.7. The highest BCUT2D eigenvalue weighted by atomic mass is 19.4. The highest BCUT2D eigenvalue weighted by Crippen LogP contribution is 2.37. The van der Waals surface area contributed by atoms with Crippen molar-refractivity contribution in [3.63, 3.8) is 0 Å². The van der Waals surface area contributed by atoms with Crippen molar-refractivity contribution >= 4 is 11.6 Å². The van der Waals surface area contributed by atoms with E-state index in [4.69, 9.17) is 4.74 Å². The SMILES string of the molecule is CCC(=O)Nc1cccc(CC)c1COc1ccc(CC)cc1C(F)(F)F. The van der Waals surface area contributed by atoms with E-state index in [1.54, 1.807) is 26.0 Å². The molecule has 2 rings (SSSR count). The second kappa shape index (κ2) is 8.93. The van der Waals surface area contributed by atoms with Gasteiger partial charge in [0.15, 0.2) is 0 Å². The van der Waals surface area contributed by atoms with Gasteiger partial charge in [-0.1, -0.05) is 39.0 Å². The molecule has 3 nitrogen and oxygen atoms in total. The summed E-state index contributed by atoms with van der Waals surface area (Å²) in [6.45, 7) is 5.43. The molecule has 0 spiro atoms. The molecule has 0 heterocycles. The normalized spacial score (nSPS) is 11.3. The van der Waals surface area contributed by atoms with Gasteiger partial charge in [0.25, 0.3) is 0 Å². The molecular formula is C21H24F3NO2. The Hall–Kier alpha value is -2.50. The lowest BCUT2D eigenvalue weighted by Crippen LogP contribution is -2.14. The second-order valence-electron chi connectivity index (χ2n) is 6.17. The molecule has 0 atom stereocenters. The summed E-state index contributed by atoms with van der Waals surface area (Å²) in [5.41, 5.74) is 1.99. The predicted molar refractivity (Wildman–Crippen MR) is 99.9 cm³/mol. The van der Waals surface area contributed by atoms with Crippen LogP contribution in [0.15, 0.2) is 36.4 Å². The molecule has 0 aliphatic heterocycles. The van der Waals surface area contributed by atoms with E-state index in [9.17, 15) is 18.0 Å². The molecule has 1 N–H and O–H groups in total. The largest absolute Gasteiger partial charge is 0.488 e. The van der Waals surface area contributed by atoms with Crippen molar-refractivity contribution in [3.05, 3.63) is 58.7 Å². The maximum atomic E-state index is 13.4. The molecule has 1 amide bonds. The number of hydrogen-bond acceptors (Lipinski definition) is 2. The van der Waals surface area contributed by atoms with Crippen LogP contribution in [0.4, 0.5) is 18.9 Å². The number of nitrogens with one attached hydrogen (secondary N) is 1. The summed E-state index contributed by atoms with van der Waals surface area (Å²) in [4.78, 5) is 11.8. The van der Waals surface area contributed by atoms with Crippen LogP contribution in [0.2, 0.25) is 0 Å². The lowest BCUT2D eigenvalue weighted by atomic mass is 10.0. The summed E-state index contributed by atoms with van der Waals surface area (Å²) in [6, 6.07) is 9.55. The number of aryl methyl sites for hydroxylation is 2. The number of ether oxygens (including phenoxy) is 1. The van der Waals surface area contributed by atoms with E-state index in [2.05, 4.69) is 5.32 Å². The number of rotatable bonds is 7. The van der Waals surface area contributed by atoms with Crippen molar-refractivity contribution in [2.75, 3.05) is 5.32 Å². The fourth-order valence-corrected chi connectivity index (χ4v) is 2.79. The third-order valence-corrected chi connectivity index (χ3v) is 4.38.